The van der Waals surface area contributed by atoms with E-state index >= 15 is 0 Å². The van der Waals surface area contributed by atoms with E-state index in [9.17, 15) is 0 Å². The summed E-state index contributed by atoms with van der Waals surface area (Å²) >= 11 is 1.70. The van der Waals surface area contributed by atoms with Gasteiger partial charge in [0.1, 0.15) is 6.04 Å². The Bertz CT molecular complexity index is 393. The van der Waals surface area contributed by atoms with Crippen LogP contribution in [0.25, 0.3) is 0 Å². The summed E-state index contributed by atoms with van der Waals surface area (Å²) in [5.41, 5.74) is 0.154. The lowest BCUT2D eigenvalue weighted by atomic mass is 9.95. The molecule has 0 aromatic carbocycles. The molecule has 2 nitrogen and oxygen atoms in total. The average Bonchev–Trinajstić information content (AvgIpc) is 2.68. The molecule has 1 N–H and O–H groups in total. The van der Waals surface area contributed by atoms with Gasteiger partial charge in [0.15, 0.2) is 0 Å². The zero-order chi connectivity index (χ0) is 12.2. The molecule has 1 atom stereocenters. The highest BCUT2D eigenvalue weighted by molar-refractivity contribution is 7.12. The SMILES string of the molecule is C=CCNC(C#N)c1ccc(C(C)(C)C)s1. The molecule has 1 aromatic heterocycles. The van der Waals surface area contributed by atoms with Crippen molar-refractivity contribution >= 4 is 11.3 Å². The Morgan fingerprint density at radius 2 is 2.25 bits per heavy atom. The summed E-state index contributed by atoms with van der Waals surface area (Å²) in [5.74, 6) is 0. The summed E-state index contributed by atoms with van der Waals surface area (Å²) in [6, 6.07) is 6.19. The van der Waals surface area contributed by atoms with Gasteiger partial charge >= 0.3 is 0 Å². The van der Waals surface area contributed by atoms with Crippen molar-refractivity contribution in [1.29, 1.82) is 5.26 Å². The Kier molecular flexibility index (Phi) is 4.28. The molecule has 0 bridgehead atoms. The van der Waals surface area contributed by atoms with Crippen LogP contribution in [0.3, 0.4) is 0 Å². The number of hydrogen-bond donors (Lipinski definition) is 1. The maximum Gasteiger partial charge on any atom is 0.130 e. The zero-order valence-corrected chi connectivity index (χ0v) is 10.9. The van der Waals surface area contributed by atoms with E-state index in [0.717, 1.165) is 4.88 Å². The molecule has 1 aromatic rings. The molecule has 0 aliphatic rings. The van der Waals surface area contributed by atoms with Gasteiger partial charge in [-0.15, -0.1) is 17.9 Å². The van der Waals surface area contributed by atoms with Crippen molar-refractivity contribution in [2.75, 3.05) is 6.54 Å². The highest BCUT2D eigenvalue weighted by atomic mass is 32.1. The highest BCUT2D eigenvalue weighted by Gasteiger charge is 2.19. The first-order valence-electron chi connectivity index (χ1n) is 5.33. The van der Waals surface area contributed by atoms with Gasteiger partial charge in [-0.25, -0.2) is 0 Å². The Hall–Kier alpha value is -1.11. The van der Waals surface area contributed by atoms with Crippen molar-refractivity contribution in [2.24, 2.45) is 0 Å². The monoisotopic (exact) mass is 234 g/mol. The molecule has 3 heteroatoms. The Balaban J connectivity index is 2.84. The first-order valence-corrected chi connectivity index (χ1v) is 6.15. The Morgan fingerprint density at radius 1 is 1.56 bits per heavy atom. The maximum atomic E-state index is 9.08. The van der Waals surface area contributed by atoms with E-state index in [1.807, 2.05) is 6.07 Å². The molecule has 0 aliphatic carbocycles. The van der Waals surface area contributed by atoms with Gasteiger partial charge < -0.3 is 0 Å². The lowest BCUT2D eigenvalue weighted by Gasteiger charge is -2.15. The number of nitriles is 1. The van der Waals surface area contributed by atoms with Crippen LogP contribution in [0.5, 0.6) is 0 Å². The van der Waals surface area contributed by atoms with Gasteiger partial charge in [0.05, 0.1) is 6.07 Å². The van der Waals surface area contributed by atoms with Crippen molar-refractivity contribution in [2.45, 2.75) is 32.2 Å². The number of nitrogens with one attached hydrogen (secondary N) is 1. The largest absolute Gasteiger partial charge is 0.294 e. The Labute approximate surface area is 102 Å². The van der Waals surface area contributed by atoms with Crippen molar-refractivity contribution in [3.8, 4) is 6.07 Å². The molecule has 1 rings (SSSR count). The first kappa shape index (κ1) is 13.0. The van der Waals surface area contributed by atoms with E-state index in [0.29, 0.717) is 6.54 Å². The van der Waals surface area contributed by atoms with Crippen LogP contribution >= 0.6 is 11.3 Å². The predicted molar refractivity (Wildman–Crippen MR) is 69.6 cm³/mol. The molecule has 0 spiro atoms. The lowest BCUT2D eigenvalue weighted by Crippen LogP contribution is -2.18. The van der Waals surface area contributed by atoms with Crippen molar-refractivity contribution in [3.05, 3.63) is 34.5 Å². The summed E-state index contributed by atoms with van der Waals surface area (Å²) in [6.07, 6.45) is 1.77. The zero-order valence-electron chi connectivity index (χ0n) is 10.1. The summed E-state index contributed by atoms with van der Waals surface area (Å²) in [5, 5.41) is 12.2. The average molecular weight is 234 g/mol. The van der Waals surface area contributed by atoms with Gasteiger partial charge in [0.25, 0.3) is 0 Å². The molecular formula is C13H18N2S. The first-order chi connectivity index (χ1) is 7.49. The van der Waals surface area contributed by atoms with E-state index in [4.69, 9.17) is 5.26 Å². The minimum absolute atomic E-state index is 0.154. The maximum absolute atomic E-state index is 9.08. The fraction of sp³-hybridized carbons (Fsp3) is 0.462. The molecule has 1 heterocycles. The number of thiophene rings is 1. The quantitative estimate of drug-likeness (QED) is 0.811. The third-order valence-electron chi connectivity index (χ3n) is 2.25. The second-order valence-corrected chi connectivity index (χ2v) is 5.83. The van der Waals surface area contributed by atoms with Gasteiger partial charge in [-0.2, -0.15) is 5.26 Å². The van der Waals surface area contributed by atoms with Crippen LogP contribution in [-0.4, -0.2) is 6.54 Å². The molecule has 0 saturated heterocycles. The number of rotatable bonds is 4. The second kappa shape index (κ2) is 5.29. The van der Waals surface area contributed by atoms with E-state index in [2.05, 4.69) is 44.8 Å². The second-order valence-electron chi connectivity index (χ2n) is 4.71. The molecular weight excluding hydrogens is 216 g/mol. The molecule has 0 fully saturated rings. The topological polar surface area (TPSA) is 35.8 Å². The summed E-state index contributed by atoms with van der Waals surface area (Å²) in [6.45, 7) is 10.8. The van der Waals surface area contributed by atoms with Crippen molar-refractivity contribution < 1.29 is 0 Å². The molecule has 0 amide bonds. The third kappa shape index (κ3) is 3.19. The number of nitrogens with zero attached hydrogens (tertiary/aromatic N) is 1. The van der Waals surface area contributed by atoms with Crippen LogP contribution < -0.4 is 5.32 Å². The summed E-state index contributed by atoms with van der Waals surface area (Å²) in [4.78, 5) is 2.39. The van der Waals surface area contributed by atoms with Crippen LogP contribution in [0.4, 0.5) is 0 Å². The van der Waals surface area contributed by atoms with E-state index in [1.54, 1.807) is 17.4 Å². The van der Waals surface area contributed by atoms with Gasteiger partial charge in [0, 0.05) is 16.3 Å². The smallest absolute Gasteiger partial charge is 0.130 e. The standard InChI is InChI=1S/C13H18N2S/c1-5-8-15-10(9-14)11-6-7-12(16-11)13(2,3)4/h5-7,10,15H,1,8H2,2-4H3. The fourth-order valence-corrected chi connectivity index (χ4v) is 2.41. The van der Waals surface area contributed by atoms with E-state index in [-0.39, 0.29) is 11.5 Å². The normalized spacial score (nSPS) is 13.1. The number of hydrogen-bond acceptors (Lipinski definition) is 3. The minimum Gasteiger partial charge on any atom is -0.294 e. The van der Waals surface area contributed by atoms with Gasteiger partial charge in [0.2, 0.25) is 0 Å². The van der Waals surface area contributed by atoms with Crippen molar-refractivity contribution in [3.63, 3.8) is 0 Å². The molecule has 1 unspecified atom stereocenters. The molecule has 0 radical (unpaired) electrons. The summed E-state index contributed by atoms with van der Waals surface area (Å²) in [7, 11) is 0. The van der Waals surface area contributed by atoms with Crippen LogP contribution in [0, 0.1) is 11.3 Å². The van der Waals surface area contributed by atoms with E-state index in [1.165, 1.54) is 4.88 Å². The lowest BCUT2D eigenvalue weighted by molar-refractivity contribution is 0.604. The minimum atomic E-state index is -0.223. The highest BCUT2D eigenvalue weighted by Crippen LogP contribution is 2.32. The molecule has 0 saturated carbocycles. The van der Waals surface area contributed by atoms with Crippen LogP contribution in [0.1, 0.15) is 36.6 Å². The van der Waals surface area contributed by atoms with Crippen LogP contribution in [0.15, 0.2) is 24.8 Å². The van der Waals surface area contributed by atoms with E-state index < -0.39 is 0 Å². The predicted octanol–water partition coefficient (Wildman–Crippen LogP) is 3.39. The molecule has 0 aliphatic heterocycles. The summed E-state index contributed by atoms with van der Waals surface area (Å²) < 4.78 is 0. The molecule has 86 valence electrons. The van der Waals surface area contributed by atoms with Crippen LogP contribution in [0.2, 0.25) is 0 Å². The van der Waals surface area contributed by atoms with Gasteiger partial charge in [-0.05, 0) is 17.5 Å². The molecule has 16 heavy (non-hydrogen) atoms. The fourth-order valence-electron chi connectivity index (χ4n) is 1.32. The van der Waals surface area contributed by atoms with Gasteiger partial charge in [-0.1, -0.05) is 26.8 Å². The Morgan fingerprint density at radius 3 is 2.69 bits per heavy atom. The van der Waals surface area contributed by atoms with Crippen LogP contribution in [-0.2, 0) is 5.41 Å². The van der Waals surface area contributed by atoms with Gasteiger partial charge in [-0.3, -0.25) is 5.32 Å². The third-order valence-corrected chi connectivity index (χ3v) is 3.82. The van der Waals surface area contributed by atoms with Crippen molar-refractivity contribution in [1.82, 2.24) is 5.32 Å².